The van der Waals surface area contributed by atoms with Crippen molar-refractivity contribution in [2.75, 3.05) is 19.6 Å². The second-order valence-corrected chi connectivity index (χ2v) is 6.07. The van der Waals surface area contributed by atoms with Crippen molar-refractivity contribution in [3.8, 4) is 5.69 Å². The van der Waals surface area contributed by atoms with Gasteiger partial charge in [-0.25, -0.2) is 9.07 Å². The van der Waals surface area contributed by atoms with Crippen molar-refractivity contribution >= 4 is 0 Å². The van der Waals surface area contributed by atoms with Crippen LogP contribution < -0.4 is 5.73 Å². The van der Waals surface area contributed by atoms with Crippen molar-refractivity contribution < 1.29 is 4.39 Å². The van der Waals surface area contributed by atoms with Crippen molar-refractivity contribution in [3.05, 3.63) is 83.9 Å². The third kappa shape index (κ3) is 4.98. The van der Waals surface area contributed by atoms with Gasteiger partial charge in [-0.1, -0.05) is 30.3 Å². The number of halogens is 1. The van der Waals surface area contributed by atoms with E-state index >= 15 is 0 Å². The molecule has 0 spiro atoms. The third-order valence-electron chi connectivity index (χ3n) is 4.14. The van der Waals surface area contributed by atoms with Crippen LogP contribution in [0.5, 0.6) is 0 Å². The van der Waals surface area contributed by atoms with Crippen molar-refractivity contribution in [3.63, 3.8) is 0 Å². The van der Waals surface area contributed by atoms with Crippen LogP contribution in [0.3, 0.4) is 0 Å². The molecule has 0 aliphatic carbocycles. The maximum atomic E-state index is 13.0. The molecule has 130 valence electrons. The molecule has 0 aliphatic rings. The predicted octanol–water partition coefficient (Wildman–Crippen LogP) is 3.01. The lowest BCUT2D eigenvalue weighted by atomic mass is 10.1. The molecule has 0 saturated carbocycles. The van der Waals surface area contributed by atoms with Crippen molar-refractivity contribution in [2.45, 2.75) is 13.0 Å². The summed E-state index contributed by atoms with van der Waals surface area (Å²) in [7, 11) is 0. The van der Waals surface area contributed by atoms with Crippen molar-refractivity contribution in [2.24, 2.45) is 5.73 Å². The smallest absolute Gasteiger partial charge is 0.123 e. The van der Waals surface area contributed by atoms with E-state index in [0.717, 1.165) is 37.3 Å². The molecule has 0 saturated heterocycles. The topological polar surface area (TPSA) is 47.1 Å². The molecule has 4 nitrogen and oxygen atoms in total. The van der Waals surface area contributed by atoms with Crippen LogP contribution >= 0.6 is 0 Å². The molecule has 1 heterocycles. The van der Waals surface area contributed by atoms with Gasteiger partial charge in [0.1, 0.15) is 5.82 Å². The zero-order valence-corrected chi connectivity index (χ0v) is 14.2. The fourth-order valence-electron chi connectivity index (χ4n) is 2.82. The normalized spacial score (nSPS) is 11.2. The molecule has 3 rings (SSSR count). The van der Waals surface area contributed by atoms with Crippen LogP contribution in [0.4, 0.5) is 4.39 Å². The van der Waals surface area contributed by atoms with Crippen LogP contribution in [-0.2, 0) is 13.0 Å². The maximum Gasteiger partial charge on any atom is 0.123 e. The van der Waals surface area contributed by atoms with Gasteiger partial charge >= 0.3 is 0 Å². The number of nitrogens with two attached hydrogens (primary N) is 1. The summed E-state index contributed by atoms with van der Waals surface area (Å²) < 4.78 is 14.8. The molecule has 0 fully saturated rings. The average molecular weight is 338 g/mol. The molecule has 0 amide bonds. The lowest BCUT2D eigenvalue weighted by Gasteiger charge is -2.20. The highest BCUT2D eigenvalue weighted by Crippen LogP contribution is 2.11. The van der Waals surface area contributed by atoms with Crippen LogP contribution in [0.15, 0.2) is 67.0 Å². The van der Waals surface area contributed by atoms with E-state index in [0.29, 0.717) is 6.54 Å². The Morgan fingerprint density at radius 1 is 0.960 bits per heavy atom. The average Bonchev–Trinajstić information content (AvgIpc) is 3.10. The van der Waals surface area contributed by atoms with Crippen LogP contribution in [0.25, 0.3) is 5.69 Å². The summed E-state index contributed by atoms with van der Waals surface area (Å²) in [4.78, 5) is 2.33. The van der Waals surface area contributed by atoms with E-state index in [4.69, 9.17) is 5.73 Å². The SMILES string of the molecule is NCCN(CCc1ccccc1)Cc1cnn(-c2ccc(F)cc2)c1. The van der Waals surface area contributed by atoms with Crippen molar-refractivity contribution in [1.29, 1.82) is 0 Å². The number of benzene rings is 2. The quantitative estimate of drug-likeness (QED) is 0.687. The molecule has 3 aromatic rings. The van der Waals surface area contributed by atoms with Gasteiger partial charge in [-0.2, -0.15) is 5.10 Å². The largest absolute Gasteiger partial charge is 0.329 e. The Labute approximate surface area is 147 Å². The maximum absolute atomic E-state index is 13.0. The molecular formula is C20H23FN4. The van der Waals surface area contributed by atoms with Crippen LogP contribution in [0.2, 0.25) is 0 Å². The van der Waals surface area contributed by atoms with Gasteiger partial charge in [-0.05, 0) is 36.2 Å². The molecule has 0 unspecified atom stereocenters. The van der Waals surface area contributed by atoms with E-state index in [1.54, 1.807) is 16.8 Å². The number of nitrogens with zero attached hydrogens (tertiary/aromatic N) is 3. The van der Waals surface area contributed by atoms with Crippen LogP contribution in [-0.4, -0.2) is 34.3 Å². The number of aromatic nitrogens is 2. The predicted molar refractivity (Wildman–Crippen MR) is 98.0 cm³/mol. The van der Waals surface area contributed by atoms with Crippen LogP contribution in [0.1, 0.15) is 11.1 Å². The minimum absolute atomic E-state index is 0.244. The van der Waals surface area contributed by atoms with Gasteiger partial charge in [-0.15, -0.1) is 0 Å². The molecule has 1 aromatic heterocycles. The van der Waals surface area contributed by atoms with Gasteiger partial charge in [0.05, 0.1) is 11.9 Å². The van der Waals surface area contributed by atoms with E-state index in [2.05, 4.69) is 34.3 Å². The molecule has 5 heteroatoms. The Kier molecular flexibility index (Phi) is 5.93. The molecule has 0 radical (unpaired) electrons. The summed E-state index contributed by atoms with van der Waals surface area (Å²) in [6, 6.07) is 16.8. The third-order valence-corrected chi connectivity index (χ3v) is 4.14. The van der Waals surface area contributed by atoms with E-state index in [1.807, 2.05) is 18.5 Å². The second kappa shape index (κ2) is 8.55. The highest BCUT2D eigenvalue weighted by Gasteiger charge is 2.08. The fourth-order valence-corrected chi connectivity index (χ4v) is 2.82. The monoisotopic (exact) mass is 338 g/mol. The van der Waals surface area contributed by atoms with E-state index < -0.39 is 0 Å². The van der Waals surface area contributed by atoms with Gasteiger partial charge in [0.15, 0.2) is 0 Å². The van der Waals surface area contributed by atoms with Crippen molar-refractivity contribution in [1.82, 2.24) is 14.7 Å². The molecular weight excluding hydrogens is 315 g/mol. The number of rotatable bonds is 8. The first-order chi connectivity index (χ1) is 12.2. The summed E-state index contributed by atoms with van der Waals surface area (Å²) in [5.41, 5.74) is 9.06. The highest BCUT2D eigenvalue weighted by molar-refractivity contribution is 5.31. The van der Waals surface area contributed by atoms with Gasteiger partial charge < -0.3 is 5.73 Å². The molecule has 2 aromatic carbocycles. The van der Waals surface area contributed by atoms with Gasteiger partial charge in [0, 0.05) is 37.9 Å². The van der Waals surface area contributed by atoms with Crippen LogP contribution in [0, 0.1) is 5.82 Å². The standard InChI is InChI=1S/C20H23FN4/c21-19-6-8-20(9-7-19)25-16-18(14-23-25)15-24(13-11-22)12-10-17-4-2-1-3-5-17/h1-9,14,16H,10-13,15,22H2. The Morgan fingerprint density at radius 2 is 1.72 bits per heavy atom. The summed E-state index contributed by atoms with van der Waals surface area (Å²) in [6.07, 6.45) is 4.83. The van der Waals surface area contributed by atoms with E-state index in [-0.39, 0.29) is 5.82 Å². The second-order valence-electron chi connectivity index (χ2n) is 6.07. The Morgan fingerprint density at radius 3 is 2.44 bits per heavy atom. The first-order valence-electron chi connectivity index (χ1n) is 8.50. The molecule has 2 N–H and O–H groups in total. The fraction of sp³-hybridized carbons (Fsp3) is 0.250. The van der Waals surface area contributed by atoms with Gasteiger partial charge in [0.25, 0.3) is 0 Å². The lowest BCUT2D eigenvalue weighted by Crippen LogP contribution is -2.30. The zero-order chi connectivity index (χ0) is 17.5. The molecule has 25 heavy (non-hydrogen) atoms. The zero-order valence-electron chi connectivity index (χ0n) is 14.2. The van der Waals surface area contributed by atoms with Gasteiger partial charge in [0.2, 0.25) is 0 Å². The summed E-state index contributed by atoms with van der Waals surface area (Å²) in [5, 5.41) is 4.38. The number of hydrogen-bond acceptors (Lipinski definition) is 3. The van der Waals surface area contributed by atoms with Gasteiger partial charge in [-0.3, -0.25) is 4.90 Å². The minimum atomic E-state index is -0.244. The summed E-state index contributed by atoms with van der Waals surface area (Å²) in [6.45, 7) is 3.21. The number of hydrogen-bond donors (Lipinski definition) is 1. The molecule has 0 aliphatic heterocycles. The Hall–Kier alpha value is -2.50. The first kappa shape index (κ1) is 17.3. The molecule has 0 bridgehead atoms. The lowest BCUT2D eigenvalue weighted by molar-refractivity contribution is 0.276. The Bertz CT molecular complexity index is 768. The highest BCUT2D eigenvalue weighted by atomic mass is 19.1. The summed E-state index contributed by atoms with van der Waals surface area (Å²) in [5.74, 6) is -0.244. The van der Waals surface area contributed by atoms with E-state index in [1.165, 1.54) is 17.7 Å². The molecule has 0 atom stereocenters. The Balaban J connectivity index is 1.63. The summed E-state index contributed by atoms with van der Waals surface area (Å²) >= 11 is 0. The minimum Gasteiger partial charge on any atom is -0.329 e. The van der Waals surface area contributed by atoms with E-state index in [9.17, 15) is 4.39 Å². The first-order valence-corrected chi connectivity index (χ1v) is 8.50.